The molecule has 0 amide bonds. The molecule has 0 saturated carbocycles. The molecule has 7 heteroatoms. The lowest BCUT2D eigenvalue weighted by atomic mass is 9.79. The minimum absolute atomic E-state index is 0.358. The Hall–Kier alpha value is -0.885. The normalized spacial score (nSPS) is 16.6. The van der Waals surface area contributed by atoms with Gasteiger partial charge in [-0.3, -0.25) is 4.21 Å². The summed E-state index contributed by atoms with van der Waals surface area (Å²) in [6, 6.07) is 4.90. The predicted octanol–water partition coefficient (Wildman–Crippen LogP) is -0.890. The van der Waals surface area contributed by atoms with Crippen LogP contribution in [0.15, 0.2) is 18.2 Å². The number of benzene rings is 1. The van der Waals surface area contributed by atoms with Gasteiger partial charge in [0.1, 0.15) is 0 Å². The Kier molecular flexibility index (Phi) is 2.55. The lowest BCUT2D eigenvalue weighted by Gasteiger charge is -2.09. The minimum Gasteiger partial charge on any atom is -0.755 e. The van der Waals surface area contributed by atoms with Gasteiger partial charge in [-0.2, -0.15) is 0 Å². The average molecular weight is 212 g/mol. The summed E-state index contributed by atoms with van der Waals surface area (Å²) in [4.78, 5) is 0. The highest BCUT2D eigenvalue weighted by molar-refractivity contribution is 7.80. The Bertz CT molecular complexity index is 386. The minimum atomic E-state index is -2.35. The Labute approximate surface area is 83.7 Å². The first-order chi connectivity index (χ1) is 6.66. The van der Waals surface area contributed by atoms with Crippen LogP contribution in [0.2, 0.25) is 0 Å². The van der Waals surface area contributed by atoms with Crippen molar-refractivity contribution in [1.29, 1.82) is 0 Å². The van der Waals surface area contributed by atoms with Crippen LogP contribution in [0.1, 0.15) is 5.56 Å². The first-order valence-corrected chi connectivity index (χ1v) is 5.03. The molecule has 0 fully saturated rings. The van der Waals surface area contributed by atoms with Crippen molar-refractivity contribution in [2.24, 2.45) is 0 Å². The van der Waals surface area contributed by atoms with E-state index in [0.29, 0.717) is 17.8 Å². The second-order valence-electron chi connectivity index (χ2n) is 2.91. The van der Waals surface area contributed by atoms with Crippen LogP contribution < -0.4 is 10.2 Å². The van der Waals surface area contributed by atoms with Crippen molar-refractivity contribution in [3.63, 3.8) is 0 Å². The molecule has 1 heterocycles. The van der Waals surface area contributed by atoms with Crippen molar-refractivity contribution in [1.82, 2.24) is 0 Å². The van der Waals surface area contributed by atoms with Crippen molar-refractivity contribution in [3.05, 3.63) is 23.8 Å². The zero-order valence-electron chi connectivity index (χ0n) is 7.10. The molecule has 1 aromatic carbocycles. The van der Waals surface area contributed by atoms with E-state index in [1.165, 1.54) is 0 Å². The van der Waals surface area contributed by atoms with E-state index in [1.807, 2.05) is 0 Å². The molecule has 1 aliphatic rings. The maximum absolute atomic E-state index is 10.3. The average Bonchev–Trinajstić information content (AvgIpc) is 2.47. The lowest BCUT2D eigenvalue weighted by molar-refractivity contribution is 0.275. The van der Waals surface area contributed by atoms with Gasteiger partial charge in [0.25, 0.3) is 0 Å². The summed E-state index contributed by atoms with van der Waals surface area (Å²) in [6.45, 7) is 0.358. The van der Waals surface area contributed by atoms with Gasteiger partial charge in [-0.25, -0.2) is 0 Å². The zero-order valence-corrected chi connectivity index (χ0v) is 7.91. The molecule has 74 valence electrons. The second-order valence-corrected chi connectivity index (χ2v) is 3.59. The quantitative estimate of drug-likeness (QED) is 0.492. The fourth-order valence-electron chi connectivity index (χ4n) is 1.37. The molecular weight excluding hydrogens is 205 g/mol. The van der Waals surface area contributed by atoms with Gasteiger partial charge in [-0.05, 0) is 23.2 Å². The van der Waals surface area contributed by atoms with Crippen LogP contribution in [0, 0.1) is 0 Å². The van der Waals surface area contributed by atoms with Crippen LogP contribution >= 0.6 is 0 Å². The molecule has 2 N–H and O–H groups in total. The molecule has 0 saturated heterocycles. The summed E-state index contributed by atoms with van der Waals surface area (Å²) < 4.78 is 27.9. The van der Waals surface area contributed by atoms with E-state index in [9.17, 15) is 13.8 Å². The van der Waals surface area contributed by atoms with E-state index in [4.69, 9.17) is 4.65 Å². The molecule has 1 aliphatic heterocycles. The molecule has 0 aromatic heterocycles. The van der Waals surface area contributed by atoms with Gasteiger partial charge < -0.3 is 19.0 Å². The maximum atomic E-state index is 10.3. The van der Waals surface area contributed by atoms with Crippen molar-refractivity contribution in [2.45, 2.75) is 6.61 Å². The maximum Gasteiger partial charge on any atom is 0.491 e. The topological polar surface area (TPSA) is 81.6 Å². The van der Waals surface area contributed by atoms with Crippen LogP contribution in [0.4, 0.5) is 5.69 Å². The molecule has 0 radical (unpaired) electrons. The van der Waals surface area contributed by atoms with Crippen molar-refractivity contribution in [2.75, 3.05) is 4.72 Å². The molecule has 2 rings (SSSR count). The highest BCUT2D eigenvalue weighted by atomic mass is 32.2. The van der Waals surface area contributed by atoms with Crippen molar-refractivity contribution in [3.8, 4) is 0 Å². The van der Waals surface area contributed by atoms with Crippen LogP contribution in [-0.2, 0) is 22.5 Å². The SMILES string of the molecule is O=S([O-])Nc1ccc2c(c1)B(O)OC2. The number of nitrogens with one attached hydrogen (secondary N) is 1. The van der Waals surface area contributed by atoms with Gasteiger partial charge >= 0.3 is 7.12 Å². The predicted molar refractivity (Wildman–Crippen MR) is 51.4 cm³/mol. The number of fused-ring (bicyclic) bond motifs is 1. The largest absolute Gasteiger partial charge is 0.755 e. The van der Waals surface area contributed by atoms with Crippen LogP contribution in [-0.4, -0.2) is 20.9 Å². The van der Waals surface area contributed by atoms with Gasteiger partial charge in [0.05, 0.1) is 6.61 Å². The van der Waals surface area contributed by atoms with Crippen molar-refractivity contribution < 1.29 is 18.4 Å². The van der Waals surface area contributed by atoms with Crippen LogP contribution in [0.5, 0.6) is 0 Å². The molecular formula is C7H7BNO4S-. The summed E-state index contributed by atoms with van der Waals surface area (Å²) in [7, 11) is -0.952. The third-order valence-corrected chi connectivity index (χ3v) is 2.41. The first-order valence-electron chi connectivity index (χ1n) is 3.95. The number of hydrogen-bond donors (Lipinski definition) is 2. The van der Waals surface area contributed by atoms with Gasteiger partial charge in [-0.15, -0.1) is 0 Å². The Morgan fingerprint density at radius 3 is 3.14 bits per heavy atom. The number of hydrogen-bond acceptors (Lipinski definition) is 4. The number of anilines is 1. The summed E-state index contributed by atoms with van der Waals surface area (Å²) in [5, 5.41) is 9.34. The van der Waals surface area contributed by atoms with Gasteiger partial charge in [0, 0.05) is 17.0 Å². The molecule has 5 nitrogen and oxygen atoms in total. The first kappa shape index (κ1) is 9.66. The highest BCUT2D eigenvalue weighted by Gasteiger charge is 2.27. The molecule has 0 spiro atoms. The Morgan fingerprint density at radius 2 is 2.43 bits per heavy atom. The van der Waals surface area contributed by atoms with E-state index in [1.54, 1.807) is 18.2 Å². The Balaban J connectivity index is 2.30. The van der Waals surface area contributed by atoms with E-state index in [2.05, 4.69) is 4.72 Å². The van der Waals surface area contributed by atoms with Gasteiger partial charge in [-0.1, -0.05) is 6.07 Å². The molecule has 14 heavy (non-hydrogen) atoms. The summed E-state index contributed by atoms with van der Waals surface area (Å²) in [5.74, 6) is 0. The third-order valence-electron chi connectivity index (χ3n) is 2.01. The molecule has 1 atom stereocenters. The Morgan fingerprint density at radius 1 is 1.64 bits per heavy atom. The molecule has 0 aliphatic carbocycles. The highest BCUT2D eigenvalue weighted by Crippen LogP contribution is 2.14. The van der Waals surface area contributed by atoms with Crippen molar-refractivity contribution >= 4 is 29.5 Å². The third kappa shape index (κ3) is 1.80. The molecule has 1 unspecified atom stereocenters. The summed E-state index contributed by atoms with van der Waals surface area (Å²) in [6.07, 6.45) is 0. The van der Waals surface area contributed by atoms with Crippen LogP contribution in [0.25, 0.3) is 0 Å². The fourth-order valence-corrected chi connectivity index (χ4v) is 1.69. The monoisotopic (exact) mass is 212 g/mol. The van der Waals surface area contributed by atoms with Gasteiger partial charge in [0.2, 0.25) is 0 Å². The summed E-state index contributed by atoms with van der Waals surface area (Å²) in [5.41, 5.74) is 1.90. The number of rotatable bonds is 2. The van der Waals surface area contributed by atoms with E-state index < -0.39 is 18.4 Å². The van der Waals surface area contributed by atoms with E-state index in [-0.39, 0.29) is 0 Å². The molecule has 0 bridgehead atoms. The van der Waals surface area contributed by atoms with E-state index in [0.717, 1.165) is 5.56 Å². The van der Waals surface area contributed by atoms with Gasteiger partial charge in [0.15, 0.2) is 0 Å². The molecule has 1 aromatic rings. The zero-order chi connectivity index (χ0) is 10.1. The standard InChI is InChI=1S/C7H8BNO4S/c10-8-7-3-6(9-14(11)12)2-1-5(7)4-13-8/h1-3,9-10H,4H2,(H,11,12)/p-1. The lowest BCUT2D eigenvalue weighted by Crippen LogP contribution is -2.28. The van der Waals surface area contributed by atoms with Crippen LogP contribution in [0.3, 0.4) is 0 Å². The van der Waals surface area contributed by atoms with E-state index >= 15 is 0 Å². The second kappa shape index (κ2) is 3.70. The summed E-state index contributed by atoms with van der Waals surface area (Å²) >= 11 is -2.35. The smallest absolute Gasteiger partial charge is 0.491 e. The fraction of sp³-hybridized carbons (Fsp3) is 0.143.